The molecule has 0 amide bonds. The van der Waals surface area contributed by atoms with Crippen LogP contribution in [0.4, 0.5) is 0 Å². The zero-order chi connectivity index (χ0) is 33.0. The molecule has 0 radical (unpaired) electrons. The molecule has 0 spiro atoms. The van der Waals surface area contributed by atoms with Gasteiger partial charge in [0.1, 0.15) is 17.0 Å². The molecule has 7 aromatic carbocycles. The summed E-state index contributed by atoms with van der Waals surface area (Å²) in [6.07, 6.45) is 2.25. The fraction of sp³-hybridized carbons (Fsp3) is 0.0217. The van der Waals surface area contributed by atoms with Crippen molar-refractivity contribution in [2.45, 2.75) is 6.04 Å². The van der Waals surface area contributed by atoms with Crippen molar-refractivity contribution in [1.29, 1.82) is 0 Å². The number of nitrogens with one attached hydrogen (secondary N) is 1. The first-order valence-corrected chi connectivity index (χ1v) is 17.0. The van der Waals surface area contributed by atoms with Gasteiger partial charge in [-0.25, -0.2) is 4.99 Å². The van der Waals surface area contributed by atoms with Gasteiger partial charge in [-0.2, -0.15) is 0 Å². The Morgan fingerprint density at radius 1 is 0.500 bits per heavy atom. The van der Waals surface area contributed by atoms with Crippen molar-refractivity contribution in [3.8, 4) is 16.8 Å². The molecule has 50 heavy (non-hydrogen) atoms. The van der Waals surface area contributed by atoms with E-state index in [4.69, 9.17) is 9.41 Å². The van der Waals surface area contributed by atoms with E-state index in [2.05, 4.69) is 174 Å². The lowest BCUT2D eigenvalue weighted by molar-refractivity contribution is 0.670. The van der Waals surface area contributed by atoms with E-state index in [1.807, 2.05) is 12.1 Å². The molecular formula is C46H31N3O. The Morgan fingerprint density at radius 3 is 1.88 bits per heavy atom. The van der Waals surface area contributed by atoms with E-state index in [-0.39, 0.29) is 6.04 Å². The van der Waals surface area contributed by atoms with Crippen LogP contribution in [0.3, 0.4) is 0 Å². The summed E-state index contributed by atoms with van der Waals surface area (Å²) in [5, 5.41) is 8.49. The largest absolute Gasteiger partial charge is 0.455 e. The van der Waals surface area contributed by atoms with Crippen LogP contribution < -0.4 is 5.32 Å². The van der Waals surface area contributed by atoms with E-state index >= 15 is 0 Å². The molecule has 0 aliphatic carbocycles. The van der Waals surface area contributed by atoms with Crippen molar-refractivity contribution in [2.75, 3.05) is 0 Å². The van der Waals surface area contributed by atoms with Crippen molar-refractivity contribution in [1.82, 2.24) is 9.88 Å². The summed E-state index contributed by atoms with van der Waals surface area (Å²) in [5.74, 6) is 0.835. The third kappa shape index (κ3) is 4.57. The number of aromatic nitrogens is 1. The number of nitrogens with zero attached hydrogens (tertiary/aromatic N) is 2. The second-order valence-electron chi connectivity index (χ2n) is 12.8. The lowest BCUT2D eigenvalue weighted by Crippen LogP contribution is -2.31. The van der Waals surface area contributed by atoms with Crippen LogP contribution in [0.2, 0.25) is 0 Å². The molecule has 0 saturated heterocycles. The topological polar surface area (TPSA) is 42.5 Å². The molecule has 1 N–H and O–H groups in total. The SMILES string of the molecule is C1=C(c2ccccc2-n2c3ccccc3c3ccccc32)N=C(c2ccc(-c3cccc4c3oc3ccccc34)cc2)NC1c1ccccc1. The molecule has 0 fully saturated rings. The van der Waals surface area contributed by atoms with Gasteiger partial charge in [-0.05, 0) is 41.5 Å². The number of hydrogen-bond acceptors (Lipinski definition) is 3. The van der Waals surface area contributed by atoms with Crippen LogP contribution in [0.5, 0.6) is 0 Å². The van der Waals surface area contributed by atoms with Crippen molar-refractivity contribution >= 4 is 55.3 Å². The lowest BCUT2D eigenvalue weighted by Gasteiger charge is -2.25. The molecule has 236 valence electrons. The summed E-state index contributed by atoms with van der Waals surface area (Å²) >= 11 is 0. The van der Waals surface area contributed by atoms with Crippen LogP contribution in [-0.2, 0) is 0 Å². The first-order chi connectivity index (χ1) is 24.8. The van der Waals surface area contributed by atoms with Crippen LogP contribution in [0, 0.1) is 0 Å². The van der Waals surface area contributed by atoms with Gasteiger partial charge in [0.2, 0.25) is 0 Å². The highest BCUT2D eigenvalue weighted by molar-refractivity contribution is 6.11. The van der Waals surface area contributed by atoms with Gasteiger partial charge in [0, 0.05) is 38.2 Å². The smallest absolute Gasteiger partial charge is 0.143 e. The molecule has 1 aliphatic rings. The standard InChI is InChI=1S/C46H31N3O/c1-2-13-31(14-3-1)39-29-40(38-18-6-10-23-43(38)49-41-21-8-4-15-34(41)35-16-5-9-22-42(35)49)48-46(47-39)32-27-25-30(26-28-32)33-19-12-20-37-36-17-7-11-24-44(36)50-45(33)37/h1-29,39H,(H,47,48). The molecule has 1 aliphatic heterocycles. The van der Waals surface area contributed by atoms with E-state index in [0.717, 1.165) is 61.4 Å². The maximum atomic E-state index is 6.36. The van der Waals surface area contributed by atoms with Crippen molar-refractivity contribution in [3.63, 3.8) is 0 Å². The molecule has 9 aromatic rings. The maximum Gasteiger partial charge on any atom is 0.143 e. The van der Waals surface area contributed by atoms with Gasteiger partial charge in [-0.1, -0.05) is 146 Å². The van der Waals surface area contributed by atoms with Crippen LogP contribution in [-0.4, -0.2) is 10.4 Å². The molecule has 4 heteroatoms. The molecule has 10 rings (SSSR count). The number of furan rings is 1. The second-order valence-corrected chi connectivity index (χ2v) is 12.8. The van der Waals surface area contributed by atoms with Crippen molar-refractivity contribution in [3.05, 3.63) is 193 Å². The number of hydrogen-bond donors (Lipinski definition) is 1. The monoisotopic (exact) mass is 641 g/mol. The molecule has 0 bridgehead atoms. The Morgan fingerprint density at radius 2 is 1.10 bits per heavy atom. The van der Waals surface area contributed by atoms with Crippen LogP contribution in [0.1, 0.15) is 22.7 Å². The summed E-state index contributed by atoms with van der Waals surface area (Å²) in [6.45, 7) is 0. The van der Waals surface area contributed by atoms with Crippen molar-refractivity contribution in [2.24, 2.45) is 4.99 Å². The minimum atomic E-state index is -0.0612. The van der Waals surface area contributed by atoms with Gasteiger partial charge >= 0.3 is 0 Å². The summed E-state index contributed by atoms with van der Waals surface area (Å²) in [4.78, 5) is 5.34. The van der Waals surface area contributed by atoms with Crippen molar-refractivity contribution < 1.29 is 4.42 Å². The predicted octanol–water partition coefficient (Wildman–Crippen LogP) is 11.5. The fourth-order valence-electron chi connectivity index (χ4n) is 7.52. The zero-order valence-corrected chi connectivity index (χ0v) is 27.1. The van der Waals surface area contributed by atoms with Gasteiger partial charge in [-0.3, -0.25) is 0 Å². The third-order valence-electron chi connectivity index (χ3n) is 9.88. The van der Waals surface area contributed by atoms with E-state index in [9.17, 15) is 0 Å². The van der Waals surface area contributed by atoms with Crippen LogP contribution in [0.15, 0.2) is 185 Å². The first-order valence-electron chi connectivity index (χ1n) is 17.0. The summed E-state index contributed by atoms with van der Waals surface area (Å²) in [7, 11) is 0. The lowest BCUT2D eigenvalue weighted by atomic mass is 9.98. The van der Waals surface area contributed by atoms with Gasteiger partial charge in [0.15, 0.2) is 0 Å². The molecule has 1 unspecified atom stereocenters. The van der Waals surface area contributed by atoms with Gasteiger partial charge in [0.25, 0.3) is 0 Å². The number of para-hydroxylation sites is 5. The Bertz CT molecular complexity index is 2730. The normalized spacial score (nSPS) is 14.6. The number of fused-ring (bicyclic) bond motifs is 6. The highest BCUT2D eigenvalue weighted by Gasteiger charge is 2.23. The minimum absolute atomic E-state index is 0.0612. The second kappa shape index (κ2) is 11.5. The molecule has 3 heterocycles. The Balaban J connectivity index is 1.10. The summed E-state index contributed by atoms with van der Waals surface area (Å²) in [5.41, 5.74) is 11.6. The Hall–Kier alpha value is -6.65. The summed E-state index contributed by atoms with van der Waals surface area (Å²) in [6, 6.07) is 59.7. The first kappa shape index (κ1) is 28.4. The number of benzene rings is 7. The maximum absolute atomic E-state index is 6.36. The van der Waals surface area contributed by atoms with Gasteiger partial charge in [0.05, 0.1) is 28.5 Å². The third-order valence-corrected chi connectivity index (χ3v) is 9.88. The van der Waals surface area contributed by atoms with E-state index in [0.29, 0.717) is 0 Å². The van der Waals surface area contributed by atoms with Crippen LogP contribution >= 0.6 is 0 Å². The highest BCUT2D eigenvalue weighted by Crippen LogP contribution is 2.38. The number of aliphatic imine (C=N–C) groups is 1. The molecule has 2 aromatic heterocycles. The number of amidine groups is 1. The van der Waals surface area contributed by atoms with E-state index < -0.39 is 0 Å². The van der Waals surface area contributed by atoms with E-state index in [1.54, 1.807) is 0 Å². The zero-order valence-electron chi connectivity index (χ0n) is 27.1. The quantitative estimate of drug-likeness (QED) is 0.203. The number of rotatable bonds is 5. The van der Waals surface area contributed by atoms with Gasteiger partial charge < -0.3 is 14.3 Å². The fourth-order valence-corrected chi connectivity index (χ4v) is 7.52. The van der Waals surface area contributed by atoms with E-state index in [1.165, 1.54) is 27.4 Å². The highest BCUT2D eigenvalue weighted by atomic mass is 16.3. The average Bonchev–Trinajstić information content (AvgIpc) is 3.74. The predicted molar refractivity (Wildman–Crippen MR) is 207 cm³/mol. The Labute approximate surface area is 289 Å². The average molecular weight is 642 g/mol. The minimum Gasteiger partial charge on any atom is -0.455 e. The van der Waals surface area contributed by atoms with Gasteiger partial charge in [-0.15, -0.1) is 0 Å². The summed E-state index contributed by atoms with van der Waals surface area (Å²) < 4.78 is 8.74. The van der Waals surface area contributed by atoms with Crippen LogP contribution in [0.25, 0.3) is 66.3 Å². The molecular weight excluding hydrogens is 611 g/mol. The molecule has 4 nitrogen and oxygen atoms in total. The Kier molecular flexibility index (Phi) is 6.53. The molecule has 0 saturated carbocycles. The molecule has 1 atom stereocenters.